The van der Waals surface area contributed by atoms with Crippen molar-refractivity contribution in [3.63, 3.8) is 0 Å². The monoisotopic (exact) mass is 310 g/mol. The van der Waals surface area contributed by atoms with Gasteiger partial charge in [-0.25, -0.2) is 0 Å². The Hall–Kier alpha value is -1.13. The lowest BCUT2D eigenvalue weighted by molar-refractivity contribution is 0.0995. The van der Waals surface area contributed by atoms with Crippen molar-refractivity contribution in [1.82, 2.24) is 9.78 Å². The van der Waals surface area contributed by atoms with E-state index in [1.54, 1.807) is 0 Å². The maximum atomic E-state index is 12.2. The first-order chi connectivity index (χ1) is 9.56. The van der Waals surface area contributed by atoms with Crippen LogP contribution in [0.3, 0.4) is 0 Å². The highest BCUT2D eigenvalue weighted by Crippen LogP contribution is 2.28. The Kier molecular flexibility index (Phi) is 5.00. The summed E-state index contributed by atoms with van der Waals surface area (Å²) in [6.45, 7) is 6.21. The van der Waals surface area contributed by atoms with E-state index >= 15 is 0 Å². The predicted molar refractivity (Wildman–Crippen MR) is 83.9 cm³/mol. The third-order valence-corrected chi connectivity index (χ3v) is 5.21. The maximum absolute atomic E-state index is 12.2. The molecule has 0 saturated carbocycles. The Morgan fingerprint density at radius 2 is 2.15 bits per heavy atom. The Labute approximate surface area is 128 Å². The van der Waals surface area contributed by atoms with Crippen LogP contribution in [0.5, 0.6) is 0 Å². The van der Waals surface area contributed by atoms with Gasteiger partial charge in [0.1, 0.15) is 0 Å². The van der Waals surface area contributed by atoms with Crippen molar-refractivity contribution in [2.24, 2.45) is 0 Å². The molecular weight excluding hydrogens is 292 g/mol. The van der Waals surface area contributed by atoms with Gasteiger partial charge in [0.25, 0.3) is 0 Å². The minimum absolute atomic E-state index is 0.0443. The van der Waals surface area contributed by atoms with Crippen molar-refractivity contribution in [2.45, 2.75) is 46.1 Å². The quantitative estimate of drug-likeness (QED) is 0.725. The van der Waals surface area contributed by atoms with Crippen LogP contribution in [0.1, 0.15) is 53.7 Å². The second kappa shape index (κ2) is 6.55. The topological polar surface area (TPSA) is 34.9 Å². The normalized spacial score (nSPS) is 11.2. The Morgan fingerprint density at radius 1 is 1.45 bits per heavy atom. The summed E-state index contributed by atoms with van der Waals surface area (Å²) in [7, 11) is 0. The van der Waals surface area contributed by atoms with E-state index in [0.717, 1.165) is 24.1 Å². The van der Waals surface area contributed by atoms with Gasteiger partial charge in [0.15, 0.2) is 5.78 Å². The number of aryl methyl sites for hydroxylation is 1. The van der Waals surface area contributed by atoms with Crippen LogP contribution in [0.2, 0.25) is 5.02 Å². The number of rotatable bonds is 6. The molecule has 2 aromatic rings. The van der Waals surface area contributed by atoms with Gasteiger partial charge < -0.3 is 0 Å². The van der Waals surface area contributed by atoms with Gasteiger partial charge in [-0.3, -0.25) is 9.48 Å². The van der Waals surface area contributed by atoms with Crippen LogP contribution in [0.4, 0.5) is 0 Å². The third kappa shape index (κ3) is 3.13. The number of nitrogens with zero attached hydrogens (tertiary/aromatic N) is 2. The molecule has 0 unspecified atom stereocenters. The largest absolute Gasteiger partial charge is 0.293 e. The van der Waals surface area contributed by atoms with Crippen LogP contribution in [-0.4, -0.2) is 15.6 Å². The summed E-state index contributed by atoms with van der Waals surface area (Å²) < 4.78 is 1.96. The fourth-order valence-electron chi connectivity index (χ4n) is 2.20. The number of aromatic nitrogens is 2. The van der Waals surface area contributed by atoms with Crippen molar-refractivity contribution in [3.8, 4) is 0 Å². The van der Waals surface area contributed by atoms with Crippen molar-refractivity contribution >= 4 is 28.7 Å². The van der Waals surface area contributed by atoms with Gasteiger partial charge in [-0.15, -0.1) is 11.3 Å². The molecule has 0 aliphatic rings. The lowest BCUT2D eigenvalue weighted by atomic mass is 10.2. The Bertz CT molecular complexity index is 599. The molecule has 0 atom stereocenters. The molecular formula is C15H19ClN2OS. The molecule has 0 aliphatic heterocycles. The van der Waals surface area contributed by atoms with Crippen molar-refractivity contribution in [2.75, 3.05) is 0 Å². The van der Waals surface area contributed by atoms with Gasteiger partial charge in [-0.05, 0) is 36.8 Å². The second-order valence-corrected chi connectivity index (χ2v) is 6.18. The van der Waals surface area contributed by atoms with Gasteiger partial charge >= 0.3 is 0 Å². The third-order valence-electron chi connectivity index (χ3n) is 3.47. The number of Topliss-reactive ketones (excluding diaryl/α,β-unsaturated/α-hetero) is 1. The first-order valence-electron chi connectivity index (χ1n) is 6.87. The van der Waals surface area contributed by atoms with Gasteiger partial charge in [-0.2, -0.15) is 5.10 Å². The minimum atomic E-state index is 0.0443. The standard InChI is InChI=1S/C15H19ClN2OS/c1-4-12(5-2)18-7-6-11(17-18)8-13(19)15-14(16)10(3)9-20-15/h6-7,9,12H,4-5,8H2,1-3H3. The van der Waals surface area contributed by atoms with Gasteiger partial charge in [-0.1, -0.05) is 25.4 Å². The predicted octanol–water partition coefficient (Wildman–Crippen LogP) is 4.69. The molecule has 0 aliphatic carbocycles. The zero-order chi connectivity index (χ0) is 14.7. The number of carbonyl (C=O) groups excluding carboxylic acids is 1. The van der Waals surface area contributed by atoms with E-state index in [0.29, 0.717) is 22.4 Å². The number of carbonyl (C=O) groups is 1. The maximum Gasteiger partial charge on any atom is 0.180 e. The number of hydrogen-bond donors (Lipinski definition) is 0. The summed E-state index contributed by atoms with van der Waals surface area (Å²) in [5.41, 5.74) is 1.77. The molecule has 3 nitrogen and oxygen atoms in total. The van der Waals surface area contributed by atoms with Gasteiger partial charge in [0.2, 0.25) is 0 Å². The van der Waals surface area contributed by atoms with E-state index in [9.17, 15) is 4.79 Å². The molecule has 0 spiro atoms. The molecule has 2 rings (SSSR count). The minimum Gasteiger partial charge on any atom is -0.293 e. The number of hydrogen-bond acceptors (Lipinski definition) is 3. The van der Waals surface area contributed by atoms with E-state index in [1.807, 2.05) is 29.2 Å². The number of thiophene rings is 1. The average molecular weight is 311 g/mol. The number of halogens is 1. The van der Waals surface area contributed by atoms with Crippen LogP contribution in [0, 0.1) is 6.92 Å². The summed E-state index contributed by atoms with van der Waals surface area (Å²) in [5.74, 6) is 0.0443. The molecule has 20 heavy (non-hydrogen) atoms. The van der Waals surface area contributed by atoms with Crippen LogP contribution < -0.4 is 0 Å². The molecule has 2 heterocycles. The van der Waals surface area contributed by atoms with E-state index in [1.165, 1.54) is 11.3 Å². The van der Waals surface area contributed by atoms with Crippen molar-refractivity contribution in [3.05, 3.63) is 38.8 Å². The van der Waals surface area contributed by atoms with Crippen molar-refractivity contribution in [1.29, 1.82) is 0 Å². The molecule has 5 heteroatoms. The summed E-state index contributed by atoms with van der Waals surface area (Å²) in [5, 5.41) is 7.01. The molecule has 0 saturated heterocycles. The van der Waals surface area contributed by atoms with Crippen molar-refractivity contribution < 1.29 is 4.79 Å². The Morgan fingerprint density at radius 3 is 2.70 bits per heavy atom. The lowest BCUT2D eigenvalue weighted by Gasteiger charge is -2.12. The zero-order valence-electron chi connectivity index (χ0n) is 12.0. The molecule has 0 bridgehead atoms. The molecule has 0 amide bonds. The molecule has 0 N–H and O–H groups in total. The second-order valence-electron chi connectivity index (χ2n) is 4.92. The first-order valence-corrected chi connectivity index (χ1v) is 8.13. The zero-order valence-corrected chi connectivity index (χ0v) is 13.6. The summed E-state index contributed by atoms with van der Waals surface area (Å²) >= 11 is 7.54. The molecule has 108 valence electrons. The highest BCUT2D eigenvalue weighted by molar-refractivity contribution is 7.13. The van der Waals surface area contributed by atoms with Crippen LogP contribution in [0.25, 0.3) is 0 Å². The average Bonchev–Trinajstić information content (AvgIpc) is 3.00. The fourth-order valence-corrected chi connectivity index (χ4v) is 3.44. The van der Waals surface area contributed by atoms with Gasteiger partial charge in [0.05, 0.1) is 28.1 Å². The van der Waals surface area contributed by atoms with Crippen LogP contribution in [0.15, 0.2) is 17.6 Å². The molecule has 0 radical (unpaired) electrons. The fraction of sp³-hybridized carbons (Fsp3) is 0.467. The highest BCUT2D eigenvalue weighted by Gasteiger charge is 2.17. The van der Waals surface area contributed by atoms with Gasteiger partial charge in [0, 0.05) is 6.20 Å². The summed E-state index contributed by atoms with van der Waals surface area (Å²) in [6, 6.07) is 2.33. The smallest absolute Gasteiger partial charge is 0.180 e. The first kappa shape index (κ1) is 15.3. The molecule has 0 aromatic carbocycles. The molecule has 2 aromatic heterocycles. The van der Waals surface area contributed by atoms with E-state index in [4.69, 9.17) is 11.6 Å². The number of ketones is 1. The summed E-state index contributed by atoms with van der Waals surface area (Å²) in [4.78, 5) is 12.9. The van der Waals surface area contributed by atoms with E-state index in [2.05, 4.69) is 18.9 Å². The van der Waals surface area contributed by atoms with E-state index in [-0.39, 0.29) is 5.78 Å². The van der Waals surface area contributed by atoms with Crippen LogP contribution >= 0.6 is 22.9 Å². The van der Waals surface area contributed by atoms with E-state index < -0.39 is 0 Å². The summed E-state index contributed by atoms with van der Waals surface area (Å²) in [6.07, 6.45) is 4.36. The van der Waals surface area contributed by atoms with Crippen LogP contribution in [-0.2, 0) is 6.42 Å². The molecule has 0 fully saturated rings. The highest BCUT2D eigenvalue weighted by atomic mass is 35.5. The SMILES string of the molecule is CCC(CC)n1ccc(CC(=O)c2scc(C)c2Cl)n1. The Balaban J connectivity index is 2.11. The lowest BCUT2D eigenvalue weighted by Crippen LogP contribution is -2.09.